The molecule has 4 heterocycles. The second kappa shape index (κ2) is 9.47. The van der Waals surface area contributed by atoms with Crippen LogP contribution in [0.2, 0.25) is 0 Å². The fourth-order valence-electron chi connectivity index (χ4n) is 4.04. The lowest BCUT2D eigenvalue weighted by Gasteiger charge is -2.17. The molecule has 0 aliphatic carbocycles. The molecule has 11 heteroatoms. The molecule has 0 bridgehead atoms. The van der Waals surface area contributed by atoms with Crippen molar-refractivity contribution in [3.63, 3.8) is 0 Å². The summed E-state index contributed by atoms with van der Waals surface area (Å²) in [6.45, 7) is 2.95. The Kier molecular flexibility index (Phi) is 6.24. The molecule has 4 N–H and O–H groups in total. The van der Waals surface area contributed by atoms with Crippen LogP contribution in [0, 0.1) is 0 Å². The molecule has 34 heavy (non-hydrogen) atoms. The van der Waals surface area contributed by atoms with Crippen LogP contribution in [0.15, 0.2) is 49.1 Å². The summed E-state index contributed by atoms with van der Waals surface area (Å²) in [6.07, 6.45) is 1.68. The first kappa shape index (κ1) is 22.4. The van der Waals surface area contributed by atoms with E-state index in [1.165, 1.54) is 6.33 Å². The average Bonchev–Trinajstić information content (AvgIpc) is 3.56. The van der Waals surface area contributed by atoms with Crippen molar-refractivity contribution in [2.24, 2.45) is 0 Å². The number of aliphatic hydroxyl groups excluding tert-OH is 3. The number of ether oxygens (including phenoxy) is 1. The summed E-state index contributed by atoms with van der Waals surface area (Å²) in [6, 6.07) is 10.0. The zero-order chi connectivity index (χ0) is 23.7. The van der Waals surface area contributed by atoms with E-state index in [1.54, 1.807) is 10.8 Å². The van der Waals surface area contributed by atoms with E-state index in [0.29, 0.717) is 35.9 Å². The minimum atomic E-state index is -1.24. The number of fused-ring (bicyclic) bond motifs is 1. The summed E-state index contributed by atoms with van der Waals surface area (Å²) >= 11 is 0. The SMILES string of the molecule is CCCNc1nc(-c2cnn(Cc3ccccc3)c2)nc2c1ncn2[C@@H]1O[C@H](CO)[C@@H](O)[C@H]1O. The second-order valence-corrected chi connectivity index (χ2v) is 8.29. The van der Waals surface area contributed by atoms with Gasteiger partial charge >= 0.3 is 0 Å². The highest BCUT2D eigenvalue weighted by atomic mass is 16.6. The molecule has 178 valence electrons. The first-order chi connectivity index (χ1) is 16.6. The number of anilines is 1. The lowest BCUT2D eigenvalue weighted by molar-refractivity contribution is -0.0511. The summed E-state index contributed by atoms with van der Waals surface area (Å²) in [7, 11) is 0. The van der Waals surface area contributed by atoms with Crippen molar-refractivity contribution in [3.05, 3.63) is 54.6 Å². The quantitative estimate of drug-likeness (QED) is 0.301. The third-order valence-corrected chi connectivity index (χ3v) is 5.83. The molecule has 5 rings (SSSR count). The van der Waals surface area contributed by atoms with Crippen molar-refractivity contribution in [2.75, 3.05) is 18.5 Å². The van der Waals surface area contributed by atoms with Crippen LogP contribution in [-0.2, 0) is 11.3 Å². The Morgan fingerprint density at radius 1 is 1.12 bits per heavy atom. The van der Waals surface area contributed by atoms with E-state index in [-0.39, 0.29) is 0 Å². The maximum Gasteiger partial charge on any atom is 0.168 e. The predicted molar refractivity (Wildman–Crippen MR) is 124 cm³/mol. The van der Waals surface area contributed by atoms with Gasteiger partial charge in [0.2, 0.25) is 0 Å². The number of rotatable bonds is 8. The van der Waals surface area contributed by atoms with Gasteiger partial charge in [-0.2, -0.15) is 5.10 Å². The van der Waals surface area contributed by atoms with Crippen molar-refractivity contribution < 1.29 is 20.1 Å². The molecule has 0 radical (unpaired) electrons. The van der Waals surface area contributed by atoms with E-state index >= 15 is 0 Å². The van der Waals surface area contributed by atoms with Crippen molar-refractivity contribution in [2.45, 2.75) is 44.4 Å². The number of aromatic nitrogens is 6. The Bertz CT molecular complexity index is 1260. The van der Waals surface area contributed by atoms with Crippen LogP contribution in [0.3, 0.4) is 0 Å². The van der Waals surface area contributed by atoms with Crippen LogP contribution < -0.4 is 5.32 Å². The van der Waals surface area contributed by atoms with Crippen LogP contribution in [-0.4, -0.2) is 76.1 Å². The number of nitrogens with zero attached hydrogens (tertiary/aromatic N) is 6. The fourth-order valence-corrected chi connectivity index (χ4v) is 4.04. The molecule has 3 aromatic heterocycles. The maximum absolute atomic E-state index is 10.5. The Balaban J connectivity index is 1.53. The van der Waals surface area contributed by atoms with Crippen LogP contribution in [0.4, 0.5) is 5.82 Å². The highest BCUT2D eigenvalue weighted by Crippen LogP contribution is 2.33. The number of aliphatic hydroxyl groups is 3. The standard InChI is InChI=1S/C23H27N7O4/c1-2-8-24-21-17-22(30(13-25-17)23-19(33)18(32)16(12-31)34-23)28-20(27-21)15-9-26-29(11-15)10-14-6-4-3-5-7-14/h3-7,9,11,13,16,18-19,23,31-33H,2,8,10,12H2,1H3,(H,24,27,28)/t16-,18-,19-,23-/m1/s1. The number of hydrogen-bond acceptors (Lipinski definition) is 9. The molecule has 1 aliphatic heterocycles. The van der Waals surface area contributed by atoms with E-state index in [1.807, 2.05) is 41.2 Å². The Morgan fingerprint density at radius 2 is 1.94 bits per heavy atom. The van der Waals surface area contributed by atoms with Gasteiger partial charge in [-0.15, -0.1) is 0 Å². The number of nitrogens with one attached hydrogen (secondary N) is 1. The summed E-state index contributed by atoms with van der Waals surface area (Å²) < 4.78 is 9.09. The van der Waals surface area contributed by atoms with Crippen LogP contribution in [0.1, 0.15) is 25.1 Å². The van der Waals surface area contributed by atoms with Gasteiger partial charge in [-0.3, -0.25) is 9.25 Å². The van der Waals surface area contributed by atoms with Crippen molar-refractivity contribution in [1.82, 2.24) is 29.3 Å². The number of imidazole rings is 1. The van der Waals surface area contributed by atoms with Gasteiger partial charge in [0, 0.05) is 12.7 Å². The van der Waals surface area contributed by atoms with E-state index in [2.05, 4.69) is 27.3 Å². The fraction of sp³-hybridized carbons (Fsp3) is 0.391. The second-order valence-electron chi connectivity index (χ2n) is 8.29. The van der Waals surface area contributed by atoms with Gasteiger partial charge in [-0.05, 0) is 12.0 Å². The Morgan fingerprint density at radius 3 is 2.68 bits per heavy atom. The minimum absolute atomic E-state index is 0.411. The summed E-state index contributed by atoms with van der Waals surface area (Å²) in [4.78, 5) is 13.8. The smallest absolute Gasteiger partial charge is 0.168 e. The lowest BCUT2D eigenvalue weighted by atomic mass is 10.1. The van der Waals surface area contributed by atoms with Crippen LogP contribution >= 0.6 is 0 Å². The zero-order valence-electron chi connectivity index (χ0n) is 18.7. The summed E-state index contributed by atoms with van der Waals surface area (Å²) in [5.74, 6) is 1.00. The molecule has 0 saturated carbocycles. The van der Waals surface area contributed by atoms with E-state index < -0.39 is 31.1 Å². The van der Waals surface area contributed by atoms with Gasteiger partial charge < -0.3 is 25.4 Å². The topological polar surface area (TPSA) is 143 Å². The third kappa shape index (κ3) is 4.14. The molecule has 1 fully saturated rings. The van der Waals surface area contributed by atoms with E-state index in [9.17, 15) is 15.3 Å². The Labute approximate surface area is 195 Å². The van der Waals surface area contributed by atoms with E-state index in [4.69, 9.17) is 9.72 Å². The first-order valence-electron chi connectivity index (χ1n) is 11.3. The molecular weight excluding hydrogens is 438 g/mol. The van der Waals surface area contributed by atoms with Gasteiger partial charge in [0.1, 0.15) is 18.3 Å². The molecule has 0 unspecified atom stereocenters. The molecule has 11 nitrogen and oxygen atoms in total. The molecule has 4 aromatic rings. The molecule has 1 saturated heterocycles. The maximum atomic E-state index is 10.5. The van der Waals surface area contributed by atoms with E-state index in [0.717, 1.165) is 17.5 Å². The summed E-state index contributed by atoms with van der Waals surface area (Å²) in [5.41, 5.74) is 2.81. The lowest BCUT2D eigenvalue weighted by Crippen LogP contribution is -2.33. The highest BCUT2D eigenvalue weighted by Gasteiger charge is 2.44. The summed E-state index contributed by atoms with van der Waals surface area (Å²) in [5, 5.41) is 37.9. The number of benzene rings is 1. The van der Waals surface area contributed by atoms with Gasteiger partial charge in [0.05, 0.1) is 31.2 Å². The first-order valence-corrected chi connectivity index (χ1v) is 11.3. The van der Waals surface area contributed by atoms with Gasteiger partial charge in [0.15, 0.2) is 29.0 Å². The minimum Gasteiger partial charge on any atom is -0.394 e. The van der Waals surface area contributed by atoms with Crippen LogP contribution in [0.25, 0.3) is 22.6 Å². The zero-order valence-corrected chi connectivity index (χ0v) is 18.7. The Hall–Kier alpha value is -3.38. The predicted octanol–water partition coefficient (Wildman–Crippen LogP) is 1.17. The molecular formula is C23H27N7O4. The molecule has 1 aliphatic rings. The van der Waals surface area contributed by atoms with Crippen LogP contribution in [0.5, 0.6) is 0 Å². The van der Waals surface area contributed by atoms with Crippen molar-refractivity contribution in [1.29, 1.82) is 0 Å². The highest BCUT2D eigenvalue weighted by molar-refractivity contribution is 5.85. The third-order valence-electron chi connectivity index (χ3n) is 5.83. The molecule has 0 amide bonds. The average molecular weight is 466 g/mol. The largest absolute Gasteiger partial charge is 0.394 e. The molecule has 0 spiro atoms. The van der Waals surface area contributed by atoms with Gasteiger partial charge in [0.25, 0.3) is 0 Å². The van der Waals surface area contributed by atoms with Crippen molar-refractivity contribution in [3.8, 4) is 11.4 Å². The van der Waals surface area contributed by atoms with Gasteiger partial charge in [-0.25, -0.2) is 15.0 Å². The monoisotopic (exact) mass is 465 g/mol. The van der Waals surface area contributed by atoms with Gasteiger partial charge in [-0.1, -0.05) is 37.3 Å². The normalized spacial score (nSPS) is 22.5. The molecule has 4 atom stereocenters. The molecule has 1 aromatic carbocycles. The number of hydrogen-bond donors (Lipinski definition) is 4. The van der Waals surface area contributed by atoms with Crippen molar-refractivity contribution >= 4 is 17.0 Å².